The maximum Gasteiger partial charge on any atom is 0.124 e. The van der Waals surface area contributed by atoms with E-state index in [4.69, 9.17) is 0 Å². The maximum absolute atomic E-state index is 12.9. The molecule has 0 aliphatic carbocycles. The first-order chi connectivity index (χ1) is 8.16. The zero-order chi connectivity index (χ0) is 12.3. The zero-order valence-corrected chi connectivity index (χ0v) is 11.6. The van der Waals surface area contributed by atoms with Gasteiger partial charge in [-0.2, -0.15) is 0 Å². The van der Waals surface area contributed by atoms with E-state index in [1.165, 1.54) is 31.5 Å². The number of likely N-dealkylation sites (tertiary alicyclic amines) is 1. The van der Waals surface area contributed by atoms with E-state index in [0.29, 0.717) is 6.04 Å². The summed E-state index contributed by atoms with van der Waals surface area (Å²) in [5.74, 6) is -0.198. The van der Waals surface area contributed by atoms with E-state index < -0.39 is 0 Å². The first-order valence-corrected chi connectivity index (χ1v) is 6.81. The van der Waals surface area contributed by atoms with E-state index in [2.05, 4.69) is 33.2 Å². The lowest BCUT2D eigenvalue weighted by molar-refractivity contribution is 0.300. The van der Waals surface area contributed by atoms with Crippen molar-refractivity contribution in [2.24, 2.45) is 0 Å². The molecule has 2 rings (SSSR count). The fourth-order valence-electron chi connectivity index (χ4n) is 2.28. The smallest absolute Gasteiger partial charge is 0.124 e. The molecule has 0 amide bonds. The molecule has 1 aliphatic heterocycles. The fraction of sp³-hybridized carbons (Fsp3) is 0.538. The van der Waals surface area contributed by atoms with Crippen LogP contribution in [0.2, 0.25) is 0 Å². The first-order valence-electron chi connectivity index (χ1n) is 6.01. The van der Waals surface area contributed by atoms with Crippen LogP contribution in [0.15, 0.2) is 22.7 Å². The lowest BCUT2D eigenvalue weighted by Crippen LogP contribution is -2.35. The summed E-state index contributed by atoms with van der Waals surface area (Å²) >= 11 is 3.38. The summed E-state index contributed by atoms with van der Waals surface area (Å²) in [5, 5.41) is 3.44. The van der Waals surface area contributed by atoms with Crippen molar-refractivity contribution >= 4 is 15.9 Å². The molecular formula is C13H18BrFN2. The lowest BCUT2D eigenvalue weighted by atomic mass is 10.2. The van der Waals surface area contributed by atoms with Crippen LogP contribution in [-0.4, -0.2) is 31.1 Å². The van der Waals surface area contributed by atoms with Gasteiger partial charge >= 0.3 is 0 Å². The molecule has 1 aromatic rings. The summed E-state index contributed by atoms with van der Waals surface area (Å²) in [4.78, 5) is 2.40. The van der Waals surface area contributed by atoms with E-state index in [0.717, 1.165) is 23.1 Å². The van der Waals surface area contributed by atoms with Gasteiger partial charge in [0.25, 0.3) is 0 Å². The summed E-state index contributed by atoms with van der Waals surface area (Å²) in [6, 6.07) is 5.49. The van der Waals surface area contributed by atoms with Crippen LogP contribution < -0.4 is 5.32 Å². The Labute approximate surface area is 110 Å². The minimum absolute atomic E-state index is 0.198. The van der Waals surface area contributed by atoms with Gasteiger partial charge in [-0.3, -0.25) is 0 Å². The van der Waals surface area contributed by atoms with Gasteiger partial charge in [0.2, 0.25) is 0 Å². The predicted molar refractivity (Wildman–Crippen MR) is 71.5 cm³/mol. The van der Waals surface area contributed by atoms with Gasteiger partial charge in [0.05, 0.1) is 0 Å². The SMILES string of the molecule is CN1CCCC1CNCc1ccc(F)cc1Br. The normalized spacial score (nSPS) is 21.0. The number of halogens is 2. The molecular weight excluding hydrogens is 283 g/mol. The Kier molecular flexibility index (Phi) is 4.54. The van der Waals surface area contributed by atoms with Crippen LogP contribution in [0.4, 0.5) is 4.39 Å². The van der Waals surface area contributed by atoms with Gasteiger partial charge in [0.15, 0.2) is 0 Å². The van der Waals surface area contributed by atoms with E-state index in [1.807, 2.05) is 6.07 Å². The summed E-state index contributed by atoms with van der Waals surface area (Å²) in [6.45, 7) is 2.98. The molecule has 1 aliphatic rings. The second-order valence-corrected chi connectivity index (χ2v) is 5.50. The molecule has 17 heavy (non-hydrogen) atoms. The molecule has 0 spiro atoms. The first kappa shape index (κ1) is 13.0. The largest absolute Gasteiger partial charge is 0.311 e. The number of benzene rings is 1. The Morgan fingerprint density at radius 2 is 2.35 bits per heavy atom. The molecule has 0 bridgehead atoms. The molecule has 1 fully saturated rings. The monoisotopic (exact) mass is 300 g/mol. The van der Waals surface area contributed by atoms with Crippen LogP contribution in [0.25, 0.3) is 0 Å². The minimum atomic E-state index is -0.198. The lowest BCUT2D eigenvalue weighted by Gasteiger charge is -2.19. The van der Waals surface area contributed by atoms with Gasteiger partial charge < -0.3 is 10.2 Å². The van der Waals surface area contributed by atoms with Crippen molar-refractivity contribution in [2.45, 2.75) is 25.4 Å². The molecule has 1 unspecified atom stereocenters. The van der Waals surface area contributed by atoms with Crippen LogP contribution in [0.5, 0.6) is 0 Å². The third kappa shape index (κ3) is 3.50. The Balaban J connectivity index is 1.81. The molecule has 1 N–H and O–H groups in total. The Morgan fingerprint density at radius 1 is 1.53 bits per heavy atom. The second kappa shape index (κ2) is 5.94. The van der Waals surface area contributed by atoms with Crippen molar-refractivity contribution < 1.29 is 4.39 Å². The molecule has 2 nitrogen and oxygen atoms in total. The number of hydrogen-bond acceptors (Lipinski definition) is 2. The van der Waals surface area contributed by atoms with Gasteiger partial charge in [-0.1, -0.05) is 22.0 Å². The molecule has 1 saturated heterocycles. The van der Waals surface area contributed by atoms with Crippen LogP contribution in [0.3, 0.4) is 0 Å². The number of likely N-dealkylation sites (N-methyl/N-ethyl adjacent to an activating group) is 1. The van der Waals surface area contributed by atoms with Crippen molar-refractivity contribution in [3.63, 3.8) is 0 Å². The third-order valence-electron chi connectivity index (χ3n) is 3.38. The van der Waals surface area contributed by atoms with E-state index in [1.54, 1.807) is 0 Å². The summed E-state index contributed by atoms with van der Waals surface area (Å²) in [6.07, 6.45) is 2.57. The van der Waals surface area contributed by atoms with Crippen molar-refractivity contribution in [2.75, 3.05) is 20.1 Å². The van der Waals surface area contributed by atoms with Gasteiger partial charge in [0.1, 0.15) is 5.82 Å². The highest BCUT2D eigenvalue weighted by Gasteiger charge is 2.19. The molecule has 0 saturated carbocycles. The van der Waals surface area contributed by atoms with Crippen LogP contribution in [0, 0.1) is 5.82 Å². The number of nitrogens with zero attached hydrogens (tertiary/aromatic N) is 1. The van der Waals surface area contributed by atoms with Crippen molar-refractivity contribution in [3.8, 4) is 0 Å². The fourth-order valence-corrected chi connectivity index (χ4v) is 2.77. The highest BCUT2D eigenvalue weighted by atomic mass is 79.9. The van der Waals surface area contributed by atoms with Crippen LogP contribution >= 0.6 is 15.9 Å². The van der Waals surface area contributed by atoms with Gasteiger partial charge in [0, 0.05) is 23.6 Å². The average Bonchev–Trinajstić information content (AvgIpc) is 2.68. The summed E-state index contributed by atoms with van der Waals surface area (Å²) < 4.78 is 13.7. The number of hydrogen-bond donors (Lipinski definition) is 1. The molecule has 94 valence electrons. The van der Waals surface area contributed by atoms with Crippen LogP contribution in [-0.2, 0) is 6.54 Å². The van der Waals surface area contributed by atoms with Gasteiger partial charge in [-0.25, -0.2) is 4.39 Å². The molecule has 1 aromatic carbocycles. The average molecular weight is 301 g/mol. The van der Waals surface area contributed by atoms with Crippen LogP contribution in [0.1, 0.15) is 18.4 Å². The third-order valence-corrected chi connectivity index (χ3v) is 4.12. The zero-order valence-electron chi connectivity index (χ0n) is 10.0. The van der Waals surface area contributed by atoms with Crippen molar-refractivity contribution in [3.05, 3.63) is 34.1 Å². The van der Waals surface area contributed by atoms with E-state index in [9.17, 15) is 4.39 Å². The molecule has 4 heteroatoms. The Morgan fingerprint density at radius 3 is 3.00 bits per heavy atom. The van der Waals surface area contributed by atoms with E-state index >= 15 is 0 Å². The Bertz CT molecular complexity index is 384. The van der Waals surface area contributed by atoms with Crippen molar-refractivity contribution in [1.29, 1.82) is 0 Å². The second-order valence-electron chi connectivity index (χ2n) is 4.64. The maximum atomic E-state index is 12.9. The highest BCUT2D eigenvalue weighted by Crippen LogP contribution is 2.18. The van der Waals surface area contributed by atoms with Crippen molar-refractivity contribution in [1.82, 2.24) is 10.2 Å². The number of rotatable bonds is 4. The quantitative estimate of drug-likeness (QED) is 0.920. The summed E-state index contributed by atoms with van der Waals surface area (Å²) in [7, 11) is 2.17. The highest BCUT2D eigenvalue weighted by molar-refractivity contribution is 9.10. The number of nitrogens with one attached hydrogen (secondary N) is 1. The van der Waals surface area contributed by atoms with E-state index in [-0.39, 0.29) is 5.82 Å². The molecule has 0 aromatic heterocycles. The Hall–Kier alpha value is -0.450. The van der Waals surface area contributed by atoms with Gasteiger partial charge in [-0.15, -0.1) is 0 Å². The summed E-state index contributed by atoms with van der Waals surface area (Å²) in [5.41, 5.74) is 1.10. The molecule has 1 heterocycles. The topological polar surface area (TPSA) is 15.3 Å². The molecule has 1 atom stereocenters. The standard InChI is InChI=1S/C13H18BrFN2/c1-17-6-2-3-12(17)9-16-8-10-4-5-11(15)7-13(10)14/h4-5,7,12,16H,2-3,6,8-9H2,1H3. The van der Waals surface area contributed by atoms with Gasteiger partial charge in [-0.05, 0) is 44.1 Å². The predicted octanol–water partition coefficient (Wildman–Crippen LogP) is 2.77. The minimum Gasteiger partial charge on any atom is -0.311 e. The molecule has 0 radical (unpaired) electrons.